The van der Waals surface area contributed by atoms with Crippen LogP contribution in [0.4, 0.5) is 5.82 Å². The van der Waals surface area contributed by atoms with Gasteiger partial charge in [-0.25, -0.2) is 4.98 Å². The predicted octanol–water partition coefficient (Wildman–Crippen LogP) is 1.97. The number of hydrogen-bond acceptors (Lipinski definition) is 4. The van der Waals surface area contributed by atoms with E-state index >= 15 is 0 Å². The van der Waals surface area contributed by atoms with Crippen molar-refractivity contribution in [3.63, 3.8) is 0 Å². The molecule has 2 N–H and O–H groups in total. The monoisotopic (exact) mass is 311 g/mol. The smallest absolute Gasteiger partial charge is 0.257 e. The molecule has 0 spiro atoms. The van der Waals surface area contributed by atoms with E-state index in [4.69, 9.17) is 6.42 Å². The summed E-state index contributed by atoms with van der Waals surface area (Å²) in [6.07, 6.45) is 5.45. The Bertz CT molecular complexity index is 808. The van der Waals surface area contributed by atoms with Gasteiger partial charge in [-0.1, -0.05) is 48.0 Å². The number of carbonyl (C=O) groups is 1. The van der Waals surface area contributed by atoms with Crippen molar-refractivity contribution in [2.45, 2.75) is 17.5 Å². The van der Waals surface area contributed by atoms with Crippen LogP contribution in [0.25, 0.3) is 0 Å². The second-order valence-corrected chi connectivity index (χ2v) is 5.81. The lowest BCUT2D eigenvalue weighted by Gasteiger charge is -2.24. The van der Waals surface area contributed by atoms with Gasteiger partial charge in [-0.2, -0.15) is 0 Å². The molecule has 3 rings (SSSR count). The number of hydrogen-bond donors (Lipinski definition) is 2. The maximum absolute atomic E-state index is 12.4. The molecular weight excluding hydrogens is 298 g/mol. The summed E-state index contributed by atoms with van der Waals surface area (Å²) in [5.41, 5.74) is 1.18. The van der Waals surface area contributed by atoms with E-state index in [0.717, 1.165) is 5.56 Å². The van der Waals surface area contributed by atoms with Gasteiger partial charge in [0.25, 0.3) is 5.56 Å². The van der Waals surface area contributed by atoms with Crippen LogP contribution < -0.4 is 10.9 Å². The molecule has 1 aromatic heterocycles. The molecule has 110 valence electrons. The average molecular weight is 311 g/mol. The molecule has 0 saturated carbocycles. The first-order valence-electron chi connectivity index (χ1n) is 6.74. The van der Waals surface area contributed by atoms with E-state index in [-0.39, 0.29) is 23.8 Å². The minimum Gasteiger partial charge on any atom is -0.310 e. The Labute approximate surface area is 131 Å². The van der Waals surface area contributed by atoms with E-state index in [1.54, 1.807) is 0 Å². The first-order valence-corrected chi connectivity index (χ1v) is 7.73. The fourth-order valence-electron chi connectivity index (χ4n) is 2.50. The Hall–Kier alpha value is -2.52. The van der Waals surface area contributed by atoms with Crippen molar-refractivity contribution in [3.05, 3.63) is 51.8 Å². The molecule has 2 heterocycles. The van der Waals surface area contributed by atoms with Gasteiger partial charge in [0.1, 0.15) is 5.82 Å². The van der Waals surface area contributed by atoms with Crippen LogP contribution in [0.2, 0.25) is 0 Å². The van der Waals surface area contributed by atoms with Crippen LogP contribution in [0.3, 0.4) is 0 Å². The molecule has 6 heteroatoms. The van der Waals surface area contributed by atoms with Crippen molar-refractivity contribution in [2.24, 2.45) is 0 Å². The number of anilines is 1. The predicted molar refractivity (Wildman–Crippen MR) is 85.9 cm³/mol. The molecule has 1 amide bonds. The van der Waals surface area contributed by atoms with Gasteiger partial charge in [0, 0.05) is 12.3 Å². The molecule has 0 radical (unpaired) electrons. The largest absolute Gasteiger partial charge is 0.310 e. The van der Waals surface area contributed by atoms with E-state index in [1.807, 2.05) is 30.3 Å². The molecule has 0 saturated heterocycles. The van der Waals surface area contributed by atoms with Gasteiger partial charge in [-0.3, -0.25) is 9.59 Å². The minimum atomic E-state index is -0.284. The fraction of sp³-hybridized carbons (Fsp3) is 0.188. The molecule has 0 aliphatic carbocycles. The lowest BCUT2D eigenvalue weighted by Crippen LogP contribution is -2.31. The Kier molecular flexibility index (Phi) is 3.98. The Morgan fingerprint density at radius 2 is 2.09 bits per heavy atom. The van der Waals surface area contributed by atoms with Gasteiger partial charge >= 0.3 is 0 Å². The van der Waals surface area contributed by atoms with Crippen molar-refractivity contribution in [3.8, 4) is 12.3 Å². The second kappa shape index (κ2) is 6.08. The Morgan fingerprint density at radius 1 is 1.32 bits per heavy atom. The van der Waals surface area contributed by atoms with E-state index < -0.39 is 0 Å². The molecule has 1 aliphatic rings. The molecule has 22 heavy (non-hydrogen) atoms. The van der Waals surface area contributed by atoms with E-state index in [0.29, 0.717) is 22.3 Å². The summed E-state index contributed by atoms with van der Waals surface area (Å²) in [6.45, 7) is 0. The summed E-state index contributed by atoms with van der Waals surface area (Å²) in [7, 11) is 0. The summed E-state index contributed by atoms with van der Waals surface area (Å²) in [5, 5.41) is 3.09. The summed E-state index contributed by atoms with van der Waals surface area (Å²) < 4.78 is 0. The standard InChI is InChI=1S/C16H13N3O2S/c1-2-8-22-16-18-14-13(15(21)19-16)11(9-12(20)17-14)10-6-4-3-5-7-10/h1,3-7,11H,8-9H2,(H2,17,18,19,20,21)/t11-/m1/s1. The summed E-state index contributed by atoms with van der Waals surface area (Å²) in [4.78, 5) is 31.4. The first kappa shape index (κ1) is 14.4. The summed E-state index contributed by atoms with van der Waals surface area (Å²) in [6, 6.07) is 9.50. The maximum atomic E-state index is 12.4. The highest BCUT2D eigenvalue weighted by Gasteiger charge is 2.30. The maximum Gasteiger partial charge on any atom is 0.257 e. The van der Waals surface area contributed by atoms with Crippen molar-refractivity contribution < 1.29 is 4.79 Å². The van der Waals surface area contributed by atoms with Gasteiger partial charge in [-0.15, -0.1) is 6.42 Å². The van der Waals surface area contributed by atoms with Gasteiger partial charge in [0.15, 0.2) is 5.16 Å². The second-order valence-electron chi connectivity index (χ2n) is 4.84. The molecular formula is C16H13N3O2S. The normalized spacial score (nSPS) is 16.5. The number of nitrogens with zero attached hydrogens (tertiary/aromatic N) is 1. The molecule has 0 unspecified atom stereocenters. The highest BCUT2D eigenvalue weighted by atomic mass is 32.2. The Balaban J connectivity index is 2.08. The van der Waals surface area contributed by atoms with Crippen molar-refractivity contribution >= 4 is 23.5 Å². The number of rotatable bonds is 3. The number of nitrogens with one attached hydrogen (secondary N) is 2. The van der Waals surface area contributed by atoms with Gasteiger partial charge in [0.2, 0.25) is 5.91 Å². The molecule has 5 nitrogen and oxygen atoms in total. The minimum absolute atomic E-state index is 0.146. The van der Waals surface area contributed by atoms with E-state index in [1.165, 1.54) is 11.8 Å². The third-order valence-electron chi connectivity index (χ3n) is 3.42. The summed E-state index contributed by atoms with van der Waals surface area (Å²) in [5.74, 6) is 2.77. The number of amides is 1. The zero-order valence-electron chi connectivity index (χ0n) is 11.6. The van der Waals surface area contributed by atoms with E-state index in [9.17, 15) is 9.59 Å². The average Bonchev–Trinajstić information content (AvgIpc) is 2.52. The lowest BCUT2D eigenvalue weighted by atomic mass is 9.87. The number of fused-ring (bicyclic) bond motifs is 1. The van der Waals surface area contributed by atoms with Gasteiger partial charge in [0.05, 0.1) is 11.3 Å². The molecule has 0 fully saturated rings. The van der Waals surface area contributed by atoms with Crippen LogP contribution >= 0.6 is 11.8 Å². The number of terminal acetylenes is 1. The quantitative estimate of drug-likeness (QED) is 0.516. The number of carbonyl (C=O) groups excluding carboxylic acids is 1. The first-order chi connectivity index (χ1) is 10.7. The molecule has 0 bridgehead atoms. The van der Waals surface area contributed by atoms with Crippen LogP contribution in [-0.4, -0.2) is 21.6 Å². The number of thioether (sulfide) groups is 1. The number of H-pyrrole nitrogens is 1. The Morgan fingerprint density at radius 3 is 2.82 bits per heavy atom. The van der Waals surface area contributed by atoms with Crippen LogP contribution in [0.1, 0.15) is 23.5 Å². The number of aromatic amines is 1. The zero-order chi connectivity index (χ0) is 15.5. The van der Waals surface area contributed by atoms with Crippen LogP contribution in [0, 0.1) is 12.3 Å². The number of benzene rings is 1. The number of aromatic nitrogens is 2. The molecule has 2 aromatic rings. The fourth-order valence-corrected chi connectivity index (χ4v) is 3.04. The van der Waals surface area contributed by atoms with Crippen LogP contribution in [0.15, 0.2) is 40.3 Å². The topological polar surface area (TPSA) is 74.8 Å². The third kappa shape index (κ3) is 2.76. The highest BCUT2D eigenvalue weighted by Crippen LogP contribution is 2.34. The SMILES string of the molecule is C#CCSc1nc2c(c(=O)[nH]1)[C@@H](c1ccccc1)CC(=O)N2. The van der Waals surface area contributed by atoms with Crippen LogP contribution in [0.5, 0.6) is 0 Å². The van der Waals surface area contributed by atoms with E-state index in [2.05, 4.69) is 21.2 Å². The van der Waals surface area contributed by atoms with Crippen molar-refractivity contribution in [1.29, 1.82) is 0 Å². The van der Waals surface area contributed by atoms with Crippen molar-refractivity contribution in [2.75, 3.05) is 11.1 Å². The van der Waals surface area contributed by atoms with Crippen molar-refractivity contribution in [1.82, 2.24) is 9.97 Å². The lowest BCUT2D eigenvalue weighted by molar-refractivity contribution is -0.116. The molecule has 1 aromatic carbocycles. The molecule has 1 aliphatic heterocycles. The van der Waals surface area contributed by atoms with Gasteiger partial charge in [-0.05, 0) is 5.56 Å². The highest BCUT2D eigenvalue weighted by molar-refractivity contribution is 7.99. The van der Waals surface area contributed by atoms with Crippen LogP contribution in [-0.2, 0) is 4.79 Å². The molecule has 1 atom stereocenters. The summed E-state index contributed by atoms with van der Waals surface area (Å²) >= 11 is 1.25. The zero-order valence-corrected chi connectivity index (χ0v) is 12.4. The van der Waals surface area contributed by atoms with Gasteiger partial charge < -0.3 is 10.3 Å². The third-order valence-corrected chi connectivity index (χ3v) is 4.20.